The summed E-state index contributed by atoms with van der Waals surface area (Å²) in [7, 11) is 1.87. The molecular weight excluding hydrogens is 278 g/mol. The molecule has 0 radical (unpaired) electrons. The summed E-state index contributed by atoms with van der Waals surface area (Å²) in [5.41, 5.74) is 1.64. The number of likely N-dealkylation sites (N-methyl/N-ethyl adjacent to an activating group) is 1. The highest BCUT2D eigenvalue weighted by atomic mass is 16.2. The average molecular weight is 302 g/mol. The lowest BCUT2D eigenvalue weighted by Gasteiger charge is -2.20. The van der Waals surface area contributed by atoms with Gasteiger partial charge in [0.05, 0.1) is 7.05 Å². The number of fused-ring (bicyclic) bond motifs is 1. The van der Waals surface area contributed by atoms with Gasteiger partial charge in [-0.1, -0.05) is 18.2 Å². The third kappa shape index (κ3) is 3.54. The summed E-state index contributed by atoms with van der Waals surface area (Å²) in [4.78, 5) is 28.5. The zero-order valence-corrected chi connectivity index (χ0v) is 13.6. The second-order valence-corrected chi connectivity index (χ2v) is 6.08. The van der Waals surface area contributed by atoms with Crippen LogP contribution < -0.4 is 10.2 Å². The molecule has 0 fully saturated rings. The van der Waals surface area contributed by atoms with Crippen molar-refractivity contribution in [2.75, 3.05) is 13.6 Å². The number of para-hydroxylation sites is 1. The van der Waals surface area contributed by atoms with Crippen LogP contribution in [0.3, 0.4) is 0 Å². The number of nitrogens with one attached hydrogen (secondary N) is 3. The number of ketones is 1. The molecule has 0 aliphatic heterocycles. The highest BCUT2D eigenvalue weighted by Crippen LogP contribution is 2.18. The van der Waals surface area contributed by atoms with Crippen molar-refractivity contribution < 1.29 is 14.5 Å². The van der Waals surface area contributed by atoms with Gasteiger partial charge in [-0.3, -0.25) is 9.59 Å². The van der Waals surface area contributed by atoms with Crippen molar-refractivity contribution in [1.29, 1.82) is 0 Å². The van der Waals surface area contributed by atoms with Gasteiger partial charge in [0.25, 0.3) is 5.91 Å². The second kappa shape index (κ2) is 6.75. The molecule has 118 valence electrons. The molecule has 0 saturated carbocycles. The first kappa shape index (κ1) is 16.2. The maximum Gasteiger partial charge on any atom is 0.275 e. The lowest BCUT2D eigenvalue weighted by atomic mass is 10.0. The maximum absolute atomic E-state index is 12.7. The van der Waals surface area contributed by atoms with E-state index in [-0.39, 0.29) is 30.3 Å². The number of Topliss-reactive ketones (excluding diaryl/α,β-unsaturated/α-hetero) is 1. The average Bonchev–Trinajstić information content (AvgIpc) is 2.88. The fourth-order valence-corrected chi connectivity index (χ4v) is 2.51. The fourth-order valence-electron chi connectivity index (χ4n) is 2.51. The molecule has 0 aliphatic rings. The number of benzene rings is 1. The first-order valence-electron chi connectivity index (χ1n) is 7.62. The van der Waals surface area contributed by atoms with E-state index in [1.165, 1.54) is 0 Å². The van der Waals surface area contributed by atoms with Crippen molar-refractivity contribution in [1.82, 2.24) is 10.3 Å². The Morgan fingerprint density at radius 1 is 1.23 bits per heavy atom. The van der Waals surface area contributed by atoms with Gasteiger partial charge in [-0.15, -0.1) is 0 Å². The van der Waals surface area contributed by atoms with Crippen molar-refractivity contribution in [3.8, 4) is 0 Å². The summed E-state index contributed by atoms with van der Waals surface area (Å²) in [6, 6.07) is 7.57. The van der Waals surface area contributed by atoms with E-state index in [2.05, 4.69) is 10.3 Å². The van der Waals surface area contributed by atoms with Crippen molar-refractivity contribution in [3.05, 3.63) is 36.0 Å². The van der Waals surface area contributed by atoms with E-state index in [0.717, 1.165) is 15.8 Å². The van der Waals surface area contributed by atoms with Crippen molar-refractivity contribution in [2.24, 2.45) is 0 Å². The lowest BCUT2D eigenvalue weighted by molar-refractivity contribution is -0.885. The maximum atomic E-state index is 12.7. The van der Waals surface area contributed by atoms with Crippen LogP contribution in [0.25, 0.3) is 10.9 Å². The molecule has 5 nitrogen and oxygen atoms in total. The normalized spacial score (nSPS) is 14.0. The minimum absolute atomic E-state index is 0.0360. The molecule has 22 heavy (non-hydrogen) atoms. The second-order valence-electron chi connectivity index (χ2n) is 6.08. The van der Waals surface area contributed by atoms with E-state index < -0.39 is 0 Å². The fraction of sp³-hybridized carbons (Fsp3) is 0.412. The summed E-state index contributed by atoms with van der Waals surface area (Å²) in [6.45, 7) is 6.00. The molecule has 2 rings (SSSR count). The summed E-state index contributed by atoms with van der Waals surface area (Å²) in [5, 5.41) is 3.78. The van der Waals surface area contributed by atoms with Crippen molar-refractivity contribution in [3.63, 3.8) is 0 Å². The first-order chi connectivity index (χ1) is 10.4. The van der Waals surface area contributed by atoms with Crippen LogP contribution in [0.1, 0.15) is 31.1 Å². The van der Waals surface area contributed by atoms with Crippen LogP contribution in [-0.4, -0.2) is 42.4 Å². The van der Waals surface area contributed by atoms with Crippen LogP contribution in [0.5, 0.6) is 0 Å². The quantitative estimate of drug-likeness (QED) is 0.690. The molecule has 5 heteroatoms. The minimum atomic E-state index is -0.280. The molecule has 1 aromatic carbocycles. The van der Waals surface area contributed by atoms with E-state index in [4.69, 9.17) is 0 Å². The number of aromatic nitrogens is 1. The van der Waals surface area contributed by atoms with E-state index in [9.17, 15) is 9.59 Å². The molecular formula is C17H24N3O2+. The van der Waals surface area contributed by atoms with Crippen LogP contribution in [0.2, 0.25) is 0 Å². The van der Waals surface area contributed by atoms with Gasteiger partial charge in [-0.2, -0.15) is 0 Å². The summed E-state index contributed by atoms with van der Waals surface area (Å²) >= 11 is 0. The minimum Gasteiger partial charge on any atom is -0.360 e. The highest BCUT2D eigenvalue weighted by molar-refractivity contribution is 6.09. The van der Waals surface area contributed by atoms with Crippen LogP contribution in [0.4, 0.5) is 0 Å². The summed E-state index contributed by atoms with van der Waals surface area (Å²) in [6.07, 6.45) is 1.75. The van der Waals surface area contributed by atoms with Gasteiger partial charge in [0.15, 0.2) is 6.54 Å². The molecule has 1 heterocycles. The predicted molar refractivity (Wildman–Crippen MR) is 87.1 cm³/mol. The molecule has 0 spiro atoms. The predicted octanol–water partition coefficient (Wildman–Crippen LogP) is 0.778. The number of carbonyl (C=O) groups is 2. The highest BCUT2D eigenvalue weighted by Gasteiger charge is 2.26. The van der Waals surface area contributed by atoms with Gasteiger partial charge in [0.1, 0.15) is 6.04 Å². The molecule has 0 bridgehead atoms. The Bertz CT molecular complexity index is 675. The van der Waals surface area contributed by atoms with Gasteiger partial charge in [-0.25, -0.2) is 0 Å². The molecule has 1 amide bonds. The van der Waals surface area contributed by atoms with E-state index in [1.807, 2.05) is 52.1 Å². The number of hydrogen-bond donors (Lipinski definition) is 3. The largest absolute Gasteiger partial charge is 0.360 e. The van der Waals surface area contributed by atoms with Gasteiger partial charge in [0, 0.05) is 28.7 Å². The topological polar surface area (TPSA) is 66.4 Å². The number of hydrogen-bond acceptors (Lipinski definition) is 2. The third-order valence-electron chi connectivity index (χ3n) is 3.88. The Morgan fingerprint density at radius 3 is 2.59 bits per heavy atom. The molecule has 1 aromatic heterocycles. The van der Waals surface area contributed by atoms with E-state index in [1.54, 1.807) is 6.20 Å². The van der Waals surface area contributed by atoms with Crippen LogP contribution >= 0.6 is 0 Å². The molecule has 1 unspecified atom stereocenters. The number of amides is 1. The van der Waals surface area contributed by atoms with Crippen LogP contribution in [-0.2, 0) is 4.79 Å². The first-order valence-corrected chi connectivity index (χ1v) is 7.62. The SMILES string of the molecule is CC(C)NC(=O)C[NH+](C)[C@@H](C)C(=O)c1c[nH]c2ccccc12. The Balaban J connectivity index is 2.10. The van der Waals surface area contributed by atoms with Gasteiger partial charge in [-0.05, 0) is 26.8 Å². The zero-order chi connectivity index (χ0) is 16.3. The number of carbonyl (C=O) groups excluding carboxylic acids is 2. The Kier molecular flexibility index (Phi) is 4.98. The van der Waals surface area contributed by atoms with Gasteiger partial charge >= 0.3 is 0 Å². The molecule has 3 N–H and O–H groups in total. The van der Waals surface area contributed by atoms with Crippen LogP contribution in [0.15, 0.2) is 30.5 Å². The lowest BCUT2D eigenvalue weighted by Crippen LogP contribution is -3.14. The summed E-state index contributed by atoms with van der Waals surface area (Å²) in [5.74, 6) is 0.0124. The molecule has 2 atom stereocenters. The van der Waals surface area contributed by atoms with Crippen molar-refractivity contribution in [2.45, 2.75) is 32.9 Å². The summed E-state index contributed by atoms with van der Waals surface area (Å²) < 4.78 is 0. The monoisotopic (exact) mass is 302 g/mol. The number of quaternary nitrogens is 1. The smallest absolute Gasteiger partial charge is 0.275 e. The molecule has 0 saturated heterocycles. The Morgan fingerprint density at radius 2 is 1.91 bits per heavy atom. The zero-order valence-electron chi connectivity index (χ0n) is 13.6. The van der Waals surface area contributed by atoms with Crippen molar-refractivity contribution >= 4 is 22.6 Å². The Labute approximate surface area is 130 Å². The number of aromatic amines is 1. The molecule has 0 aliphatic carbocycles. The number of H-pyrrole nitrogens is 1. The van der Waals surface area contributed by atoms with E-state index >= 15 is 0 Å². The standard InChI is InChI=1S/C17H23N3O2/c1-11(2)19-16(21)10-20(4)12(3)17(22)14-9-18-15-8-6-5-7-13(14)15/h5-9,11-12,18H,10H2,1-4H3,(H,19,21)/p+1/t12-/m0/s1. The molecule has 2 aromatic rings. The van der Waals surface area contributed by atoms with Gasteiger partial charge < -0.3 is 15.2 Å². The van der Waals surface area contributed by atoms with Gasteiger partial charge in [0.2, 0.25) is 5.78 Å². The van der Waals surface area contributed by atoms with E-state index in [0.29, 0.717) is 5.56 Å². The number of rotatable bonds is 6. The van der Waals surface area contributed by atoms with Crippen LogP contribution in [0, 0.1) is 0 Å². The Hall–Kier alpha value is -2.14. The third-order valence-corrected chi connectivity index (χ3v) is 3.88.